The summed E-state index contributed by atoms with van der Waals surface area (Å²) in [5, 5.41) is 13.6. The van der Waals surface area contributed by atoms with E-state index in [0.29, 0.717) is 13.1 Å². The Kier molecular flexibility index (Phi) is 4.22. The Balaban J connectivity index is 1.81. The fourth-order valence-corrected chi connectivity index (χ4v) is 2.46. The van der Waals surface area contributed by atoms with Crippen LogP contribution >= 0.6 is 15.9 Å². The van der Waals surface area contributed by atoms with Crippen molar-refractivity contribution >= 4 is 15.9 Å². The molecule has 1 aliphatic rings. The second kappa shape index (κ2) is 5.41. The Morgan fingerprint density at radius 3 is 2.42 bits per heavy atom. The molecular formula is C11H15BrF3N3O. The number of likely N-dealkylation sites (tertiary alicyclic amines) is 1. The van der Waals surface area contributed by atoms with Crippen LogP contribution < -0.4 is 0 Å². The summed E-state index contributed by atoms with van der Waals surface area (Å²) >= 11 is 3.28. The largest absolute Gasteiger partial charge is 0.417 e. The topological polar surface area (TPSA) is 41.3 Å². The van der Waals surface area contributed by atoms with E-state index >= 15 is 0 Å². The monoisotopic (exact) mass is 341 g/mol. The Labute approximate surface area is 117 Å². The van der Waals surface area contributed by atoms with Gasteiger partial charge >= 0.3 is 6.18 Å². The van der Waals surface area contributed by atoms with Crippen LogP contribution in [0.5, 0.6) is 0 Å². The van der Waals surface area contributed by atoms with Crippen LogP contribution in [0.1, 0.15) is 12.8 Å². The molecule has 0 aromatic carbocycles. The second-order valence-corrected chi connectivity index (χ2v) is 5.71. The zero-order valence-electron chi connectivity index (χ0n) is 10.2. The first-order valence-electron chi connectivity index (χ1n) is 6.00. The zero-order chi connectivity index (χ0) is 14.1. The van der Waals surface area contributed by atoms with E-state index in [1.807, 2.05) is 11.1 Å². The molecule has 1 aromatic heterocycles. The van der Waals surface area contributed by atoms with Gasteiger partial charge in [0.25, 0.3) is 0 Å². The fourth-order valence-electron chi connectivity index (χ4n) is 2.13. The highest BCUT2D eigenvalue weighted by Gasteiger charge is 2.54. The van der Waals surface area contributed by atoms with Crippen molar-refractivity contribution in [1.29, 1.82) is 0 Å². The normalized spacial score (nSPS) is 20.7. The molecule has 0 spiro atoms. The van der Waals surface area contributed by atoms with Gasteiger partial charge in [-0.2, -0.15) is 18.3 Å². The van der Waals surface area contributed by atoms with Gasteiger partial charge in [-0.1, -0.05) is 0 Å². The summed E-state index contributed by atoms with van der Waals surface area (Å²) in [4.78, 5) is 1.91. The van der Waals surface area contributed by atoms with Crippen molar-refractivity contribution in [3.63, 3.8) is 0 Å². The van der Waals surface area contributed by atoms with Gasteiger partial charge in [0.2, 0.25) is 0 Å². The van der Waals surface area contributed by atoms with Crippen LogP contribution in [0.4, 0.5) is 13.2 Å². The summed E-state index contributed by atoms with van der Waals surface area (Å²) in [6, 6.07) is 0. The predicted octanol–water partition coefficient (Wildman–Crippen LogP) is 2.03. The molecule has 2 heterocycles. The van der Waals surface area contributed by atoms with E-state index in [2.05, 4.69) is 21.0 Å². The lowest BCUT2D eigenvalue weighted by atomic mass is 9.91. The van der Waals surface area contributed by atoms with Gasteiger partial charge in [0.15, 0.2) is 5.60 Å². The van der Waals surface area contributed by atoms with Crippen molar-refractivity contribution in [2.75, 3.05) is 19.6 Å². The summed E-state index contributed by atoms with van der Waals surface area (Å²) in [5.74, 6) is 0. The summed E-state index contributed by atoms with van der Waals surface area (Å²) in [5.41, 5.74) is -2.52. The highest BCUT2D eigenvalue weighted by Crippen LogP contribution is 2.38. The van der Waals surface area contributed by atoms with Crippen molar-refractivity contribution in [2.24, 2.45) is 0 Å². The van der Waals surface area contributed by atoms with Gasteiger partial charge in [0.1, 0.15) is 0 Å². The van der Waals surface area contributed by atoms with Crippen LogP contribution in [-0.2, 0) is 6.54 Å². The first kappa shape index (κ1) is 14.8. The van der Waals surface area contributed by atoms with Gasteiger partial charge in [-0.15, -0.1) is 0 Å². The van der Waals surface area contributed by atoms with Crippen molar-refractivity contribution in [2.45, 2.75) is 31.2 Å². The Morgan fingerprint density at radius 2 is 1.95 bits per heavy atom. The molecule has 1 saturated heterocycles. The number of aliphatic hydroxyl groups is 1. The second-order valence-electron chi connectivity index (χ2n) is 4.79. The third kappa shape index (κ3) is 3.49. The number of aromatic nitrogens is 2. The molecule has 1 fully saturated rings. The Bertz CT molecular complexity index is 427. The molecule has 4 nitrogen and oxygen atoms in total. The van der Waals surface area contributed by atoms with Crippen LogP contribution in [-0.4, -0.2) is 51.2 Å². The maximum absolute atomic E-state index is 12.6. The zero-order valence-corrected chi connectivity index (χ0v) is 11.8. The number of piperidine rings is 1. The number of alkyl halides is 3. The fraction of sp³-hybridized carbons (Fsp3) is 0.727. The molecule has 1 aromatic rings. The Hall–Kier alpha value is -0.600. The predicted molar refractivity (Wildman–Crippen MR) is 66.6 cm³/mol. The van der Waals surface area contributed by atoms with Crippen molar-refractivity contribution in [1.82, 2.24) is 14.7 Å². The molecule has 0 bridgehead atoms. The lowest BCUT2D eigenvalue weighted by molar-refractivity contribution is -0.272. The van der Waals surface area contributed by atoms with E-state index < -0.39 is 11.8 Å². The van der Waals surface area contributed by atoms with E-state index in [9.17, 15) is 18.3 Å². The molecule has 108 valence electrons. The number of hydrogen-bond donors (Lipinski definition) is 1. The average Bonchev–Trinajstić information content (AvgIpc) is 2.73. The Morgan fingerprint density at radius 1 is 1.32 bits per heavy atom. The smallest absolute Gasteiger partial charge is 0.380 e. The van der Waals surface area contributed by atoms with E-state index in [0.717, 1.165) is 4.47 Å². The summed E-state index contributed by atoms with van der Waals surface area (Å²) < 4.78 is 40.5. The minimum absolute atomic E-state index is 0.248. The standard InChI is InChI=1S/C11H15BrF3N3O/c12-9-7-16-18(8-9)6-5-17-3-1-10(19,2-4-17)11(13,14)15/h7-8,19H,1-6H2. The quantitative estimate of drug-likeness (QED) is 0.914. The maximum atomic E-state index is 12.6. The molecule has 2 rings (SSSR count). The highest BCUT2D eigenvalue weighted by atomic mass is 79.9. The summed E-state index contributed by atoms with van der Waals surface area (Å²) in [6.45, 7) is 1.75. The average molecular weight is 342 g/mol. The highest BCUT2D eigenvalue weighted by molar-refractivity contribution is 9.10. The van der Waals surface area contributed by atoms with Crippen LogP contribution in [0.25, 0.3) is 0 Å². The number of hydrogen-bond acceptors (Lipinski definition) is 3. The van der Waals surface area contributed by atoms with Gasteiger partial charge in [0, 0.05) is 25.8 Å². The van der Waals surface area contributed by atoms with E-state index in [-0.39, 0.29) is 25.9 Å². The van der Waals surface area contributed by atoms with Crippen LogP contribution in [0.15, 0.2) is 16.9 Å². The lowest BCUT2D eigenvalue weighted by Gasteiger charge is -2.39. The van der Waals surface area contributed by atoms with Crippen LogP contribution in [0.3, 0.4) is 0 Å². The molecule has 0 unspecified atom stereocenters. The third-order valence-corrected chi connectivity index (χ3v) is 3.87. The lowest BCUT2D eigenvalue weighted by Crippen LogP contribution is -2.53. The van der Waals surface area contributed by atoms with Crippen LogP contribution in [0, 0.1) is 0 Å². The van der Waals surface area contributed by atoms with Gasteiger partial charge in [0.05, 0.1) is 17.2 Å². The molecular weight excluding hydrogens is 327 g/mol. The molecule has 8 heteroatoms. The first-order chi connectivity index (χ1) is 8.80. The van der Waals surface area contributed by atoms with Gasteiger partial charge in [-0.3, -0.25) is 4.68 Å². The molecule has 19 heavy (non-hydrogen) atoms. The van der Waals surface area contributed by atoms with E-state index in [1.165, 1.54) is 0 Å². The minimum atomic E-state index is -4.54. The first-order valence-corrected chi connectivity index (χ1v) is 6.79. The molecule has 0 saturated carbocycles. The summed E-state index contributed by atoms with van der Waals surface area (Å²) in [6.07, 6.45) is -1.58. The molecule has 0 atom stereocenters. The molecule has 1 aliphatic heterocycles. The number of halogens is 4. The van der Waals surface area contributed by atoms with Gasteiger partial charge in [-0.25, -0.2) is 0 Å². The number of nitrogens with zero attached hydrogens (tertiary/aromatic N) is 3. The van der Waals surface area contributed by atoms with Gasteiger partial charge in [-0.05, 0) is 28.8 Å². The van der Waals surface area contributed by atoms with Crippen molar-refractivity contribution in [3.8, 4) is 0 Å². The third-order valence-electron chi connectivity index (χ3n) is 3.46. The molecule has 1 N–H and O–H groups in total. The van der Waals surface area contributed by atoms with E-state index in [4.69, 9.17) is 0 Å². The van der Waals surface area contributed by atoms with Gasteiger partial charge < -0.3 is 10.0 Å². The maximum Gasteiger partial charge on any atom is 0.417 e. The number of rotatable bonds is 3. The van der Waals surface area contributed by atoms with Crippen molar-refractivity contribution in [3.05, 3.63) is 16.9 Å². The molecule has 0 aliphatic carbocycles. The SMILES string of the molecule is OC1(C(F)(F)F)CCN(CCn2cc(Br)cn2)CC1. The minimum Gasteiger partial charge on any atom is -0.380 e. The molecule has 0 radical (unpaired) electrons. The van der Waals surface area contributed by atoms with Crippen molar-refractivity contribution < 1.29 is 18.3 Å². The molecule has 0 amide bonds. The summed E-state index contributed by atoms with van der Waals surface area (Å²) in [7, 11) is 0. The van der Waals surface area contributed by atoms with E-state index in [1.54, 1.807) is 10.9 Å². The van der Waals surface area contributed by atoms with Crippen LogP contribution in [0.2, 0.25) is 0 Å².